The number of hydrogen-bond acceptors (Lipinski definition) is 4. The molecule has 1 saturated heterocycles. The zero-order valence-corrected chi connectivity index (χ0v) is 15.3. The number of hydrogen-bond donors (Lipinski definition) is 1. The number of aromatic nitrogens is 1. The van der Waals surface area contributed by atoms with Crippen molar-refractivity contribution in [1.82, 2.24) is 15.2 Å². The predicted octanol–water partition coefficient (Wildman–Crippen LogP) is 2.84. The molecule has 2 aromatic rings. The molecule has 2 aliphatic carbocycles. The van der Waals surface area contributed by atoms with Crippen LogP contribution in [-0.2, 0) is 4.79 Å². The maximum atomic E-state index is 13.1. The lowest BCUT2D eigenvalue weighted by Gasteiger charge is -2.33. The molecule has 3 fully saturated rings. The van der Waals surface area contributed by atoms with Crippen LogP contribution in [0.15, 0.2) is 28.9 Å². The highest BCUT2D eigenvalue weighted by atomic mass is 19.3. The molecule has 5 rings (SSSR count). The summed E-state index contributed by atoms with van der Waals surface area (Å²) in [5.41, 5.74) is 0.710. The maximum Gasteiger partial charge on any atom is 0.287 e. The first-order valence-electron chi connectivity index (χ1n) is 9.66. The Balaban J connectivity index is 1.12. The van der Waals surface area contributed by atoms with Crippen LogP contribution in [0, 0.1) is 17.3 Å². The molecule has 0 bridgehead atoms. The standard InChI is InChI=1S/C20H21F2N3O3/c21-20(22)9-14(20)18(27)25-5-2-19(3-6-25)8-13(19)10-24-17(26)15-7-12-1-4-23-11-16(12)28-15/h1,4,7,11,13-14H,2-3,5-6,8-10H2,(H,24,26). The molecule has 2 aromatic heterocycles. The van der Waals surface area contributed by atoms with Crippen molar-refractivity contribution in [3.63, 3.8) is 0 Å². The second-order valence-electron chi connectivity index (χ2n) is 8.34. The molecule has 0 aromatic carbocycles. The summed E-state index contributed by atoms with van der Waals surface area (Å²) >= 11 is 0. The van der Waals surface area contributed by atoms with Gasteiger partial charge in [-0.25, -0.2) is 8.78 Å². The number of alkyl halides is 2. The summed E-state index contributed by atoms with van der Waals surface area (Å²) in [6.07, 6.45) is 5.55. The molecular weight excluding hydrogens is 368 g/mol. The Hall–Kier alpha value is -2.51. The van der Waals surface area contributed by atoms with Gasteiger partial charge in [0.1, 0.15) is 5.92 Å². The molecule has 2 unspecified atom stereocenters. The summed E-state index contributed by atoms with van der Waals surface area (Å²) < 4.78 is 31.8. The van der Waals surface area contributed by atoms with Crippen molar-refractivity contribution in [3.8, 4) is 0 Å². The Labute approximate surface area is 160 Å². The van der Waals surface area contributed by atoms with Crippen LogP contribution in [0.1, 0.15) is 36.2 Å². The largest absolute Gasteiger partial charge is 0.449 e. The third kappa shape index (κ3) is 2.95. The third-order valence-electron chi connectivity index (χ3n) is 6.61. The molecule has 3 aliphatic rings. The van der Waals surface area contributed by atoms with Gasteiger partial charge in [0, 0.05) is 37.6 Å². The average Bonchev–Trinajstić information content (AvgIpc) is 3.47. The van der Waals surface area contributed by atoms with Crippen molar-refractivity contribution in [2.45, 2.75) is 31.6 Å². The van der Waals surface area contributed by atoms with Gasteiger partial charge in [-0.05, 0) is 42.7 Å². The van der Waals surface area contributed by atoms with E-state index >= 15 is 0 Å². The number of carbonyl (C=O) groups is 2. The molecule has 0 radical (unpaired) electrons. The fourth-order valence-electron chi connectivity index (χ4n) is 4.51. The van der Waals surface area contributed by atoms with Crippen molar-refractivity contribution >= 4 is 22.8 Å². The highest BCUT2D eigenvalue weighted by Gasteiger charge is 2.63. The summed E-state index contributed by atoms with van der Waals surface area (Å²) in [5, 5.41) is 3.77. The van der Waals surface area contributed by atoms with E-state index in [4.69, 9.17) is 4.42 Å². The van der Waals surface area contributed by atoms with Crippen LogP contribution in [0.3, 0.4) is 0 Å². The first kappa shape index (κ1) is 17.6. The molecule has 148 valence electrons. The maximum absolute atomic E-state index is 13.1. The number of fused-ring (bicyclic) bond motifs is 1. The van der Waals surface area contributed by atoms with Crippen LogP contribution >= 0.6 is 0 Å². The molecule has 6 nitrogen and oxygen atoms in total. The SMILES string of the molecule is O=C(NCC1CC12CCN(C(=O)C1CC1(F)F)CC2)c1cc2ccncc2o1. The Morgan fingerprint density at radius 2 is 2.04 bits per heavy atom. The highest BCUT2D eigenvalue weighted by molar-refractivity contribution is 5.95. The Morgan fingerprint density at radius 3 is 2.71 bits per heavy atom. The van der Waals surface area contributed by atoms with Crippen LogP contribution in [0.4, 0.5) is 8.78 Å². The van der Waals surface area contributed by atoms with Crippen molar-refractivity contribution in [2.75, 3.05) is 19.6 Å². The Kier molecular flexibility index (Phi) is 3.76. The summed E-state index contributed by atoms with van der Waals surface area (Å²) in [4.78, 5) is 30.0. The zero-order valence-electron chi connectivity index (χ0n) is 15.3. The van der Waals surface area contributed by atoms with Gasteiger partial charge >= 0.3 is 0 Å². The molecule has 1 N–H and O–H groups in total. The van der Waals surface area contributed by atoms with E-state index < -0.39 is 17.7 Å². The molecule has 2 atom stereocenters. The van der Waals surface area contributed by atoms with Crippen molar-refractivity contribution in [2.24, 2.45) is 17.3 Å². The van der Waals surface area contributed by atoms with Crippen LogP contribution < -0.4 is 5.32 Å². The minimum Gasteiger partial charge on any atom is -0.449 e. The van der Waals surface area contributed by atoms with Gasteiger partial charge in [-0.2, -0.15) is 0 Å². The second kappa shape index (κ2) is 5.99. The molecular formula is C20H21F2N3O3. The number of rotatable bonds is 4. The fraction of sp³-hybridized carbons (Fsp3) is 0.550. The van der Waals surface area contributed by atoms with Gasteiger partial charge in [0.25, 0.3) is 11.8 Å². The number of piperidine rings is 1. The van der Waals surface area contributed by atoms with E-state index in [2.05, 4.69) is 10.3 Å². The number of halogens is 2. The summed E-state index contributed by atoms with van der Waals surface area (Å²) in [7, 11) is 0. The van der Waals surface area contributed by atoms with Crippen LogP contribution in [0.25, 0.3) is 11.0 Å². The molecule has 1 aliphatic heterocycles. The number of nitrogens with zero attached hydrogens (tertiary/aromatic N) is 2. The number of amides is 2. The normalized spacial score (nSPS) is 27.0. The highest BCUT2D eigenvalue weighted by Crippen LogP contribution is 2.59. The average molecular weight is 389 g/mol. The number of carbonyl (C=O) groups excluding carboxylic acids is 2. The monoisotopic (exact) mass is 389 g/mol. The topological polar surface area (TPSA) is 75.4 Å². The van der Waals surface area contributed by atoms with Gasteiger partial charge in [-0.3, -0.25) is 14.6 Å². The smallest absolute Gasteiger partial charge is 0.287 e. The molecule has 1 spiro atoms. The van der Waals surface area contributed by atoms with Gasteiger partial charge in [-0.1, -0.05) is 0 Å². The molecule has 2 saturated carbocycles. The van der Waals surface area contributed by atoms with Gasteiger partial charge in [-0.15, -0.1) is 0 Å². The number of furan rings is 1. The van der Waals surface area contributed by atoms with E-state index in [9.17, 15) is 18.4 Å². The van der Waals surface area contributed by atoms with Crippen LogP contribution in [-0.4, -0.2) is 47.3 Å². The minimum atomic E-state index is -2.80. The minimum absolute atomic E-state index is 0.133. The lowest BCUT2D eigenvalue weighted by atomic mass is 9.90. The van der Waals surface area contributed by atoms with E-state index in [1.165, 1.54) is 0 Å². The van der Waals surface area contributed by atoms with Crippen LogP contribution in [0.5, 0.6) is 0 Å². The van der Waals surface area contributed by atoms with Gasteiger partial charge < -0.3 is 14.6 Å². The predicted molar refractivity (Wildman–Crippen MR) is 95.8 cm³/mol. The van der Waals surface area contributed by atoms with E-state index in [1.54, 1.807) is 29.4 Å². The molecule has 8 heteroatoms. The van der Waals surface area contributed by atoms with E-state index in [1.807, 2.05) is 0 Å². The van der Waals surface area contributed by atoms with Gasteiger partial charge in [0.2, 0.25) is 5.91 Å². The first-order chi connectivity index (χ1) is 13.4. The number of likely N-dealkylation sites (tertiary alicyclic amines) is 1. The number of nitrogens with one attached hydrogen (secondary N) is 1. The van der Waals surface area contributed by atoms with Crippen molar-refractivity contribution < 1.29 is 22.8 Å². The quantitative estimate of drug-likeness (QED) is 0.873. The van der Waals surface area contributed by atoms with E-state index in [-0.39, 0.29) is 23.5 Å². The van der Waals surface area contributed by atoms with Gasteiger partial charge in [0.05, 0.1) is 6.20 Å². The lowest BCUT2D eigenvalue weighted by molar-refractivity contribution is -0.136. The first-order valence-corrected chi connectivity index (χ1v) is 9.66. The second-order valence-corrected chi connectivity index (χ2v) is 8.34. The zero-order chi connectivity index (χ0) is 19.5. The summed E-state index contributed by atoms with van der Waals surface area (Å²) in [5.74, 6) is -3.92. The van der Waals surface area contributed by atoms with E-state index in [0.29, 0.717) is 31.1 Å². The molecule has 3 heterocycles. The van der Waals surface area contributed by atoms with Crippen molar-refractivity contribution in [3.05, 3.63) is 30.3 Å². The third-order valence-corrected chi connectivity index (χ3v) is 6.61. The van der Waals surface area contributed by atoms with Gasteiger partial charge in [0.15, 0.2) is 11.3 Å². The Bertz CT molecular complexity index is 916. The lowest BCUT2D eigenvalue weighted by Crippen LogP contribution is -2.41. The fourth-order valence-corrected chi connectivity index (χ4v) is 4.51. The number of pyridine rings is 1. The summed E-state index contributed by atoms with van der Waals surface area (Å²) in [6.45, 7) is 1.63. The molecule has 2 amide bonds. The molecule has 28 heavy (non-hydrogen) atoms. The van der Waals surface area contributed by atoms with Crippen LogP contribution in [0.2, 0.25) is 0 Å². The van der Waals surface area contributed by atoms with Crippen molar-refractivity contribution in [1.29, 1.82) is 0 Å². The Morgan fingerprint density at radius 1 is 1.29 bits per heavy atom. The van der Waals surface area contributed by atoms with E-state index in [0.717, 1.165) is 24.6 Å². The summed E-state index contributed by atoms with van der Waals surface area (Å²) in [6, 6.07) is 3.49.